The van der Waals surface area contributed by atoms with Crippen molar-refractivity contribution >= 4 is 11.9 Å². The second-order valence-corrected chi connectivity index (χ2v) is 4.34. The van der Waals surface area contributed by atoms with E-state index in [2.05, 4.69) is 4.99 Å². The van der Waals surface area contributed by atoms with Gasteiger partial charge in [0.2, 0.25) is 5.91 Å². The van der Waals surface area contributed by atoms with Gasteiger partial charge in [0.15, 0.2) is 5.96 Å². The van der Waals surface area contributed by atoms with Crippen molar-refractivity contribution < 1.29 is 9.53 Å². The molecule has 1 amide bonds. The summed E-state index contributed by atoms with van der Waals surface area (Å²) in [5.74, 6) is 0.102. The molecule has 6 heteroatoms. The molecule has 0 spiro atoms. The molecule has 19 heavy (non-hydrogen) atoms. The highest BCUT2D eigenvalue weighted by Crippen LogP contribution is 2.06. The molecule has 4 N–H and O–H groups in total. The number of hydrogen-bond acceptors (Lipinski definition) is 3. The third kappa shape index (κ3) is 3.69. The topological polar surface area (TPSA) is 93.9 Å². The average Bonchev–Trinajstić information content (AvgIpc) is 2.46. The third-order valence-corrected chi connectivity index (χ3v) is 3.00. The summed E-state index contributed by atoms with van der Waals surface area (Å²) in [4.78, 5) is 17.3. The Labute approximate surface area is 112 Å². The normalized spacial score (nSPS) is 16.4. The lowest BCUT2D eigenvalue weighted by molar-refractivity contribution is 0.0674. The molecule has 0 aliphatic carbocycles. The molecule has 0 bridgehead atoms. The molecular formula is C13H18N4O2. The predicted octanol–water partition coefficient (Wildman–Crippen LogP) is -0.0676. The number of guanidine groups is 1. The van der Waals surface area contributed by atoms with Gasteiger partial charge in [-0.25, -0.2) is 4.99 Å². The van der Waals surface area contributed by atoms with E-state index < -0.39 is 5.91 Å². The summed E-state index contributed by atoms with van der Waals surface area (Å²) in [5, 5.41) is 0. The molecule has 1 aliphatic rings. The lowest BCUT2D eigenvalue weighted by Crippen LogP contribution is -2.44. The first-order chi connectivity index (χ1) is 9.16. The highest BCUT2D eigenvalue weighted by atomic mass is 16.5. The average molecular weight is 262 g/mol. The Balaban J connectivity index is 1.94. The van der Waals surface area contributed by atoms with E-state index in [-0.39, 0.29) is 0 Å². The van der Waals surface area contributed by atoms with Crippen LogP contribution in [0.1, 0.15) is 15.9 Å². The van der Waals surface area contributed by atoms with Crippen molar-refractivity contribution in [2.24, 2.45) is 16.5 Å². The van der Waals surface area contributed by atoms with Crippen LogP contribution in [0.25, 0.3) is 0 Å². The van der Waals surface area contributed by atoms with E-state index in [1.165, 1.54) is 0 Å². The molecule has 1 fully saturated rings. The summed E-state index contributed by atoms with van der Waals surface area (Å²) in [6.45, 7) is 3.40. The zero-order valence-electron chi connectivity index (χ0n) is 10.7. The van der Waals surface area contributed by atoms with Crippen LogP contribution >= 0.6 is 0 Å². The molecule has 6 nitrogen and oxygen atoms in total. The van der Waals surface area contributed by atoms with Crippen LogP contribution in [0, 0.1) is 0 Å². The number of benzene rings is 1. The zero-order chi connectivity index (χ0) is 13.7. The Bertz CT molecular complexity index is 464. The molecular weight excluding hydrogens is 244 g/mol. The Morgan fingerprint density at radius 3 is 2.42 bits per heavy atom. The minimum absolute atomic E-state index is 0.428. The number of carbonyl (C=O) groups excluding carboxylic acids is 1. The van der Waals surface area contributed by atoms with Gasteiger partial charge in [0.1, 0.15) is 0 Å². The van der Waals surface area contributed by atoms with E-state index in [9.17, 15) is 4.79 Å². The number of carbonyl (C=O) groups is 1. The summed E-state index contributed by atoms with van der Waals surface area (Å²) in [7, 11) is 0. The van der Waals surface area contributed by atoms with Crippen LogP contribution in [-0.4, -0.2) is 43.1 Å². The van der Waals surface area contributed by atoms with Gasteiger partial charge in [-0.2, -0.15) is 0 Å². The number of nitrogens with two attached hydrogens (primary N) is 2. The number of nitrogens with zero attached hydrogens (tertiary/aromatic N) is 2. The largest absolute Gasteiger partial charge is 0.378 e. The second-order valence-electron chi connectivity index (χ2n) is 4.34. The molecule has 1 saturated heterocycles. The smallest absolute Gasteiger partial charge is 0.248 e. The SMILES string of the molecule is NC(=O)c1ccc(CN=C(N)N2CCOCC2)cc1. The number of primary amides is 1. The third-order valence-electron chi connectivity index (χ3n) is 3.00. The van der Waals surface area contributed by atoms with Crippen molar-refractivity contribution in [1.29, 1.82) is 0 Å². The van der Waals surface area contributed by atoms with Crippen molar-refractivity contribution in [1.82, 2.24) is 4.90 Å². The molecule has 2 rings (SSSR count). The number of ether oxygens (including phenoxy) is 1. The number of rotatable bonds is 3. The Morgan fingerprint density at radius 2 is 1.84 bits per heavy atom. The Hall–Kier alpha value is -2.08. The number of amides is 1. The van der Waals surface area contributed by atoms with Gasteiger partial charge in [0.25, 0.3) is 0 Å². The summed E-state index contributed by atoms with van der Waals surface area (Å²) in [6.07, 6.45) is 0. The second kappa shape index (κ2) is 6.19. The standard InChI is InChI=1S/C13H18N4O2/c14-12(18)11-3-1-10(2-4-11)9-16-13(15)17-5-7-19-8-6-17/h1-4H,5-9H2,(H2,14,18)(H2,15,16). The van der Waals surface area contributed by atoms with Gasteiger partial charge in [0.05, 0.1) is 19.8 Å². The predicted molar refractivity (Wildman–Crippen MR) is 72.7 cm³/mol. The highest BCUT2D eigenvalue weighted by Gasteiger charge is 2.11. The molecule has 1 aromatic rings. The van der Waals surface area contributed by atoms with Crippen LogP contribution in [0.3, 0.4) is 0 Å². The maximum atomic E-state index is 10.9. The lowest BCUT2D eigenvalue weighted by Gasteiger charge is -2.27. The van der Waals surface area contributed by atoms with Gasteiger partial charge in [-0.3, -0.25) is 4.79 Å². The fraction of sp³-hybridized carbons (Fsp3) is 0.385. The van der Waals surface area contributed by atoms with E-state index in [4.69, 9.17) is 16.2 Å². The molecule has 1 heterocycles. The summed E-state index contributed by atoms with van der Waals surface area (Å²) < 4.78 is 5.25. The number of hydrogen-bond donors (Lipinski definition) is 2. The summed E-state index contributed by atoms with van der Waals surface area (Å²) in [5.41, 5.74) is 12.6. The van der Waals surface area contributed by atoms with Gasteiger partial charge in [-0.05, 0) is 17.7 Å². The van der Waals surface area contributed by atoms with Gasteiger partial charge >= 0.3 is 0 Å². The van der Waals surface area contributed by atoms with Crippen LogP contribution in [0.4, 0.5) is 0 Å². The number of morpholine rings is 1. The summed E-state index contributed by atoms with van der Waals surface area (Å²) in [6, 6.07) is 7.04. The first-order valence-electron chi connectivity index (χ1n) is 6.18. The van der Waals surface area contributed by atoms with Crippen molar-refractivity contribution in [3.05, 3.63) is 35.4 Å². The van der Waals surface area contributed by atoms with Crippen LogP contribution in [-0.2, 0) is 11.3 Å². The van der Waals surface area contributed by atoms with E-state index in [0.717, 1.165) is 18.7 Å². The van der Waals surface area contributed by atoms with Gasteiger partial charge in [-0.15, -0.1) is 0 Å². The van der Waals surface area contributed by atoms with E-state index in [1.54, 1.807) is 12.1 Å². The fourth-order valence-electron chi connectivity index (χ4n) is 1.84. The van der Waals surface area contributed by atoms with Gasteiger partial charge in [-0.1, -0.05) is 12.1 Å². The van der Waals surface area contributed by atoms with Crippen LogP contribution in [0.2, 0.25) is 0 Å². The number of aliphatic imine (C=N–C) groups is 1. The zero-order valence-corrected chi connectivity index (χ0v) is 10.7. The molecule has 0 unspecified atom stereocenters. The van der Waals surface area contributed by atoms with Crippen molar-refractivity contribution in [3.63, 3.8) is 0 Å². The Morgan fingerprint density at radius 1 is 1.21 bits per heavy atom. The molecule has 0 saturated carbocycles. The maximum absolute atomic E-state index is 10.9. The van der Waals surface area contributed by atoms with Gasteiger partial charge < -0.3 is 21.1 Å². The highest BCUT2D eigenvalue weighted by molar-refractivity contribution is 5.92. The fourth-order valence-corrected chi connectivity index (χ4v) is 1.84. The van der Waals surface area contributed by atoms with Gasteiger partial charge in [0, 0.05) is 18.7 Å². The van der Waals surface area contributed by atoms with E-state index in [0.29, 0.717) is 31.3 Å². The minimum atomic E-state index is -0.428. The molecule has 1 aromatic carbocycles. The van der Waals surface area contributed by atoms with Crippen LogP contribution in [0.15, 0.2) is 29.3 Å². The monoisotopic (exact) mass is 262 g/mol. The molecule has 0 radical (unpaired) electrons. The summed E-state index contributed by atoms with van der Waals surface area (Å²) >= 11 is 0. The first-order valence-corrected chi connectivity index (χ1v) is 6.18. The molecule has 0 atom stereocenters. The first kappa shape index (κ1) is 13.4. The maximum Gasteiger partial charge on any atom is 0.248 e. The molecule has 102 valence electrons. The van der Waals surface area contributed by atoms with Crippen molar-refractivity contribution in [3.8, 4) is 0 Å². The molecule has 1 aliphatic heterocycles. The van der Waals surface area contributed by atoms with E-state index >= 15 is 0 Å². The van der Waals surface area contributed by atoms with Crippen molar-refractivity contribution in [2.45, 2.75) is 6.54 Å². The van der Waals surface area contributed by atoms with Crippen LogP contribution < -0.4 is 11.5 Å². The minimum Gasteiger partial charge on any atom is -0.378 e. The van der Waals surface area contributed by atoms with Crippen molar-refractivity contribution in [2.75, 3.05) is 26.3 Å². The molecule has 0 aromatic heterocycles. The Kier molecular flexibility index (Phi) is 4.35. The quantitative estimate of drug-likeness (QED) is 0.589. The van der Waals surface area contributed by atoms with Crippen LogP contribution in [0.5, 0.6) is 0 Å². The lowest BCUT2D eigenvalue weighted by atomic mass is 10.1. The van der Waals surface area contributed by atoms with E-state index in [1.807, 2.05) is 17.0 Å².